The van der Waals surface area contributed by atoms with Gasteiger partial charge < -0.3 is 9.47 Å². The second kappa shape index (κ2) is 11.0. The van der Waals surface area contributed by atoms with Gasteiger partial charge in [0, 0.05) is 11.5 Å². The monoisotopic (exact) mass is 466 g/mol. The second-order valence-electron chi connectivity index (χ2n) is 10.6. The lowest BCUT2D eigenvalue weighted by molar-refractivity contribution is -0.157. The molecular weight excluding hydrogens is 428 g/mol. The SMILES string of the molecule is Cc1cc(C)c(C(=O)C(=O)OC(C(C)C(OC(=O)c2ccccc2)C(C)C)C(C)(C)C)c(C)c1. The molecule has 5 heteroatoms. The van der Waals surface area contributed by atoms with Gasteiger partial charge in [0.15, 0.2) is 0 Å². The zero-order valence-corrected chi connectivity index (χ0v) is 21.9. The molecule has 3 atom stereocenters. The maximum Gasteiger partial charge on any atom is 0.379 e. The van der Waals surface area contributed by atoms with E-state index in [1.807, 2.05) is 80.5 Å². The first-order valence-corrected chi connectivity index (χ1v) is 11.8. The van der Waals surface area contributed by atoms with Crippen LogP contribution in [0.1, 0.15) is 78.9 Å². The molecule has 0 amide bonds. The lowest BCUT2D eigenvalue weighted by Crippen LogP contribution is -2.46. The van der Waals surface area contributed by atoms with Gasteiger partial charge in [0.05, 0.1) is 5.56 Å². The highest BCUT2D eigenvalue weighted by Gasteiger charge is 2.41. The van der Waals surface area contributed by atoms with E-state index in [9.17, 15) is 14.4 Å². The van der Waals surface area contributed by atoms with E-state index in [4.69, 9.17) is 9.47 Å². The Labute approximate surface area is 203 Å². The molecule has 2 aromatic carbocycles. The summed E-state index contributed by atoms with van der Waals surface area (Å²) >= 11 is 0. The molecule has 184 valence electrons. The Morgan fingerprint density at radius 2 is 1.35 bits per heavy atom. The highest BCUT2D eigenvalue weighted by molar-refractivity contribution is 6.41. The fourth-order valence-electron chi connectivity index (χ4n) is 4.67. The van der Waals surface area contributed by atoms with Gasteiger partial charge in [-0.05, 0) is 55.4 Å². The molecule has 0 heterocycles. The number of hydrogen-bond donors (Lipinski definition) is 0. The van der Waals surface area contributed by atoms with Crippen LogP contribution in [0.3, 0.4) is 0 Å². The largest absolute Gasteiger partial charge is 0.458 e. The Bertz CT molecular complexity index is 1010. The Morgan fingerprint density at radius 1 is 0.824 bits per heavy atom. The summed E-state index contributed by atoms with van der Waals surface area (Å²) in [6.45, 7) is 17.3. The van der Waals surface area contributed by atoms with Gasteiger partial charge in [-0.15, -0.1) is 0 Å². The summed E-state index contributed by atoms with van der Waals surface area (Å²) in [6.07, 6.45) is -1.16. The van der Waals surface area contributed by atoms with E-state index in [0.29, 0.717) is 11.1 Å². The van der Waals surface area contributed by atoms with Gasteiger partial charge in [0.1, 0.15) is 12.2 Å². The lowest BCUT2D eigenvalue weighted by Gasteiger charge is -2.39. The Hall–Kier alpha value is -2.95. The molecule has 0 N–H and O–H groups in total. The molecule has 3 unspecified atom stereocenters. The molecule has 5 nitrogen and oxygen atoms in total. The van der Waals surface area contributed by atoms with Crippen molar-refractivity contribution >= 4 is 17.7 Å². The fraction of sp³-hybridized carbons (Fsp3) is 0.483. The van der Waals surface area contributed by atoms with Gasteiger partial charge in [-0.25, -0.2) is 9.59 Å². The van der Waals surface area contributed by atoms with Crippen LogP contribution in [0.2, 0.25) is 0 Å². The number of Topliss-reactive ketones (excluding diaryl/α,β-unsaturated/α-hetero) is 1. The van der Waals surface area contributed by atoms with Crippen LogP contribution in [0.15, 0.2) is 42.5 Å². The van der Waals surface area contributed by atoms with Crippen LogP contribution in [0, 0.1) is 38.0 Å². The molecule has 0 aliphatic rings. The number of ketones is 1. The van der Waals surface area contributed by atoms with Gasteiger partial charge >= 0.3 is 11.9 Å². The van der Waals surface area contributed by atoms with Crippen molar-refractivity contribution in [2.75, 3.05) is 0 Å². The summed E-state index contributed by atoms with van der Waals surface area (Å²) in [5, 5.41) is 0. The Kier molecular flexibility index (Phi) is 8.82. The maximum absolute atomic E-state index is 13.1. The molecule has 0 saturated carbocycles. The number of aryl methyl sites for hydroxylation is 3. The highest BCUT2D eigenvalue weighted by Crippen LogP contribution is 2.34. The van der Waals surface area contributed by atoms with Crippen molar-refractivity contribution in [1.29, 1.82) is 0 Å². The van der Waals surface area contributed by atoms with E-state index in [1.54, 1.807) is 24.3 Å². The van der Waals surface area contributed by atoms with E-state index in [1.165, 1.54) is 0 Å². The summed E-state index contributed by atoms with van der Waals surface area (Å²) < 4.78 is 11.8. The number of carbonyl (C=O) groups is 3. The topological polar surface area (TPSA) is 69.7 Å². The van der Waals surface area contributed by atoms with E-state index >= 15 is 0 Å². The third-order valence-corrected chi connectivity index (χ3v) is 6.08. The zero-order chi connectivity index (χ0) is 25.8. The van der Waals surface area contributed by atoms with Crippen molar-refractivity contribution in [1.82, 2.24) is 0 Å². The highest BCUT2D eigenvalue weighted by atomic mass is 16.6. The molecule has 2 aromatic rings. The van der Waals surface area contributed by atoms with Crippen LogP contribution in [0.25, 0.3) is 0 Å². The Balaban J connectivity index is 2.30. The van der Waals surface area contributed by atoms with Crippen molar-refractivity contribution in [2.24, 2.45) is 17.3 Å². The molecule has 0 saturated heterocycles. The summed E-state index contributed by atoms with van der Waals surface area (Å²) in [5.74, 6) is -2.34. The summed E-state index contributed by atoms with van der Waals surface area (Å²) in [4.78, 5) is 38.9. The third-order valence-electron chi connectivity index (χ3n) is 6.08. The second-order valence-corrected chi connectivity index (χ2v) is 10.6. The minimum atomic E-state index is -0.890. The molecule has 34 heavy (non-hydrogen) atoms. The van der Waals surface area contributed by atoms with Crippen molar-refractivity contribution in [2.45, 2.75) is 74.5 Å². The van der Waals surface area contributed by atoms with Crippen LogP contribution >= 0.6 is 0 Å². The summed E-state index contributed by atoms with van der Waals surface area (Å²) in [6, 6.07) is 12.6. The average Bonchev–Trinajstić information content (AvgIpc) is 2.73. The van der Waals surface area contributed by atoms with Gasteiger partial charge in [-0.3, -0.25) is 4.79 Å². The van der Waals surface area contributed by atoms with E-state index in [0.717, 1.165) is 16.7 Å². The molecule has 0 aromatic heterocycles. The average molecular weight is 467 g/mol. The van der Waals surface area contributed by atoms with Crippen molar-refractivity contribution in [3.63, 3.8) is 0 Å². The van der Waals surface area contributed by atoms with E-state index in [2.05, 4.69) is 0 Å². The summed E-state index contributed by atoms with van der Waals surface area (Å²) in [5.41, 5.74) is 2.88. The number of esters is 2. The predicted molar refractivity (Wildman–Crippen MR) is 134 cm³/mol. The van der Waals surface area contributed by atoms with Crippen molar-refractivity contribution < 1.29 is 23.9 Å². The van der Waals surface area contributed by atoms with E-state index in [-0.39, 0.29) is 11.8 Å². The molecule has 0 radical (unpaired) electrons. The molecule has 0 spiro atoms. The van der Waals surface area contributed by atoms with Gasteiger partial charge in [0.25, 0.3) is 5.78 Å². The van der Waals surface area contributed by atoms with Gasteiger partial charge in [0.2, 0.25) is 0 Å². The predicted octanol–water partition coefficient (Wildman–Crippen LogP) is 6.27. The maximum atomic E-state index is 13.1. The number of ether oxygens (including phenoxy) is 2. The smallest absolute Gasteiger partial charge is 0.379 e. The minimum Gasteiger partial charge on any atom is -0.458 e. The third kappa shape index (κ3) is 6.55. The normalized spacial score (nSPS) is 14.3. The first kappa shape index (κ1) is 27.3. The van der Waals surface area contributed by atoms with Crippen molar-refractivity contribution in [3.05, 3.63) is 70.3 Å². The molecule has 0 aliphatic carbocycles. The van der Waals surface area contributed by atoms with Crippen LogP contribution < -0.4 is 0 Å². The first-order chi connectivity index (χ1) is 15.7. The molecule has 0 aliphatic heterocycles. The van der Waals surface area contributed by atoms with Gasteiger partial charge in [-0.1, -0.05) is 77.4 Å². The molecule has 0 fully saturated rings. The van der Waals surface area contributed by atoms with Crippen molar-refractivity contribution in [3.8, 4) is 0 Å². The Morgan fingerprint density at radius 3 is 1.82 bits per heavy atom. The number of hydrogen-bond acceptors (Lipinski definition) is 5. The van der Waals surface area contributed by atoms with Crippen LogP contribution in [-0.2, 0) is 14.3 Å². The standard InChI is InChI=1S/C29H38O5/c1-17(2)25(33-27(31)22-13-11-10-12-14-22)21(6)26(29(7,8)9)34-28(32)24(30)23-19(4)15-18(3)16-20(23)5/h10-17,21,25-26H,1-9H3. The molecular formula is C29H38O5. The number of carbonyl (C=O) groups excluding carboxylic acids is 3. The van der Waals surface area contributed by atoms with Crippen LogP contribution in [-0.4, -0.2) is 29.9 Å². The van der Waals surface area contributed by atoms with Gasteiger partial charge in [-0.2, -0.15) is 0 Å². The van der Waals surface area contributed by atoms with E-state index < -0.39 is 35.3 Å². The zero-order valence-electron chi connectivity index (χ0n) is 21.9. The van der Waals surface area contributed by atoms with Crippen LogP contribution in [0.5, 0.6) is 0 Å². The molecule has 0 bridgehead atoms. The van der Waals surface area contributed by atoms with Crippen LogP contribution in [0.4, 0.5) is 0 Å². The minimum absolute atomic E-state index is 0.0245. The fourth-order valence-corrected chi connectivity index (χ4v) is 4.67. The quantitative estimate of drug-likeness (QED) is 0.260. The number of benzene rings is 2. The number of rotatable bonds is 8. The first-order valence-electron chi connectivity index (χ1n) is 11.8. The lowest BCUT2D eigenvalue weighted by atomic mass is 9.77. The molecule has 2 rings (SSSR count). The summed E-state index contributed by atoms with van der Waals surface area (Å²) in [7, 11) is 0.